The van der Waals surface area contributed by atoms with Gasteiger partial charge in [-0.05, 0) is 23.4 Å². The Balaban J connectivity index is 2.31. The van der Waals surface area contributed by atoms with Crippen LogP contribution in [0.4, 0.5) is 0 Å². The van der Waals surface area contributed by atoms with E-state index in [0.717, 1.165) is 16.6 Å². The molecule has 0 radical (unpaired) electrons. The largest absolute Gasteiger partial charge is 0.480 e. The number of nitrogens with zero attached hydrogens (tertiary/aromatic N) is 1. The average Bonchev–Trinajstić information content (AvgIpc) is 2.93. The molecule has 1 aliphatic rings. The Hall–Kier alpha value is -1.18. The highest BCUT2D eigenvalue weighted by Crippen LogP contribution is 2.35. The number of amides is 1. The number of carboxylic acid groups (broad SMARTS) is 1. The van der Waals surface area contributed by atoms with Gasteiger partial charge in [0.15, 0.2) is 0 Å². The van der Waals surface area contributed by atoms with Gasteiger partial charge in [0.25, 0.3) is 5.91 Å². The summed E-state index contributed by atoms with van der Waals surface area (Å²) >= 11 is 7.84. The molecule has 2 rings (SSSR count). The van der Waals surface area contributed by atoms with E-state index < -0.39 is 12.0 Å². The van der Waals surface area contributed by atoms with Crippen molar-refractivity contribution in [3.05, 3.63) is 27.3 Å². The van der Waals surface area contributed by atoms with Crippen molar-refractivity contribution < 1.29 is 14.7 Å². The average molecular weight is 327 g/mol. The summed E-state index contributed by atoms with van der Waals surface area (Å²) in [4.78, 5) is 26.4. The van der Waals surface area contributed by atoms with E-state index in [1.165, 1.54) is 16.2 Å². The zero-order chi connectivity index (χ0) is 14.9. The van der Waals surface area contributed by atoms with Crippen LogP contribution in [0.25, 0.3) is 6.08 Å². The molecule has 0 saturated carbocycles. The van der Waals surface area contributed by atoms with Gasteiger partial charge in [-0.15, -0.1) is 11.3 Å². The molecular weight excluding hydrogens is 314 g/mol. The Morgan fingerprint density at radius 1 is 1.50 bits per heavy atom. The number of thioether (sulfide) groups is 1. The second-order valence-electron chi connectivity index (χ2n) is 4.59. The van der Waals surface area contributed by atoms with Gasteiger partial charge < -0.3 is 5.11 Å². The van der Waals surface area contributed by atoms with Crippen molar-refractivity contribution in [3.63, 3.8) is 0 Å². The van der Waals surface area contributed by atoms with Crippen LogP contribution in [-0.2, 0) is 9.59 Å². The molecule has 0 bridgehead atoms. The first-order valence-electron chi connectivity index (χ1n) is 5.95. The van der Waals surface area contributed by atoms with Gasteiger partial charge in [0.1, 0.15) is 10.4 Å². The molecule has 1 aliphatic heterocycles. The number of rotatable bonds is 4. The normalized spacial score (nSPS) is 19.1. The van der Waals surface area contributed by atoms with Gasteiger partial charge in [0, 0.05) is 4.88 Å². The summed E-state index contributed by atoms with van der Waals surface area (Å²) in [6.45, 7) is 3.53. The van der Waals surface area contributed by atoms with Crippen molar-refractivity contribution in [2.75, 3.05) is 0 Å². The lowest BCUT2D eigenvalue weighted by atomic mass is 10.0. The maximum Gasteiger partial charge on any atom is 0.327 e. The summed E-state index contributed by atoms with van der Waals surface area (Å²) in [6.07, 6.45) is 1.75. The van der Waals surface area contributed by atoms with Crippen molar-refractivity contribution >= 4 is 57.6 Å². The number of thiocarbonyl (C=S) groups is 1. The lowest BCUT2D eigenvalue weighted by molar-refractivity contribution is -0.146. The zero-order valence-corrected chi connectivity index (χ0v) is 13.3. The van der Waals surface area contributed by atoms with Crippen LogP contribution in [0.15, 0.2) is 22.4 Å². The van der Waals surface area contributed by atoms with Crippen LogP contribution in [-0.4, -0.2) is 32.2 Å². The fourth-order valence-electron chi connectivity index (χ4n) is 1.92. The fourth-order valence-corrected chi connectivity index (χ4v) is 3.97. The van der Waals surface area contributed by atoms with E-state index >= 15 is 0 Å². The molecule has 1 N–H and O–H groups in total. The Bertz CT molecular complexity index is 578. The third-order valence-corrected chi connectivity index (χ3v) is 4.95. The third-order valence-electron chi connectivity index (χ3n) is 2.80. The Morgan fingerprint density at radius 2 is 2.20 bits per heavy atom. The van der Waals surface area contributed by atoms with E-state index in [4.69, 9.17) is 12.2 Å². The highest BCUT2D eigenvalue weighted by atomic mass is 32.2. The SMILES string of the molecule is CC(C)[C@H](C(=O)O)N1C(=O)/C(=C\c2cccs2)SC1=S. The topological polar surface area (TPSA) is 57.6 Å². The fraction of sp³-hybridized carbons (Fsp3) is 0.308. The molecule has 4 nitrogen and oxygen atoms in total. The monoisotopic (exact) mass is 327 g/mol. The number of carboxylic acids is 1. The maximum atomic E-state index is 12.4. The summed E-state index contributed by atoms with van der Waals surface area (Å²) in [5, 5.41) is 11.2. The second kappa shape index (κ2) is 6.07. The Labute approximate surface area is 130 Å². The number of hydrogen-bond acceptors (Lipinski definition) is 5. The van der Waals surface area contributed by atoms with E-state index in [1.807, 2.05) is 17.5 Å². The van der Waals surface area contributed by atoms with Gasteiger partial charge in [-0.3, -0.25) is 9.69 Å². The summed E-state index contributed by atoms with van der Waals surface area (Å²) in [5.41, 5.74) is 0. The van der Waals surface area contributed by atoms with E-state index in [1.54, 1.807) is 19.9 Å². The quantitative estimate of drug-likeness (QED) is 0.680. The van der Waals surface area contributed by atoms with Gasteiger partial charge in [-0.1, -0.05) is 43.9 Å². The summed E-state index contributed by atoms with van der Waals surface area (Å²) < 4.78 is 0.305. The van der Waals surface area contributed by atoms with Crippen molar-refractivity contribution in [1.29, 1.82) is 0 Å². The van der Waals surface area contributed by atoms with Crippen LogP contribution in [0.2, 0.25) is 0 Å². The molecule has 0 spiro atoms. The van der Waals surface area contributed by atoms with Gasteiger partial charge in [-0.2, -0.15) is 0 Å². The molecule has 1 aromatic rings. The van der Waals surface area contributed by atoms with Crippen molar-refractivity contribution in [2.45, 2.75) is 19.9 Å². The molecule has 7 heteroatoms. The molecule has 1 aromatic heterocycles. The van der Waals surface area contributed by atoms with E-state index in [2.05, 4.69) is 0 Å². The number of aliphatic carboxylic acids is 1. The van der Waals surface area contributed by atoms with E-state index in [0.29, 0.717) is 9.23 Å². The van der Waals surface area contributed by atoms with E-state index in [-0.39, 0.29) is 11.8 Å². The molecular formula is C13H13NO3S3. The van der Waals surface area contributed by atoms with E-state index in [9.17, 15) is 14.7 Å². The van der Waals surface area contributed by atoms with Crippen LogP contribution >= 0.6 is 35.3 Å². The Morgan fingerprint density at radius 3 is 2.70 bits per heavy atom. The molecule has 20 heavy (non-hydrogen) atoms. The lowest BCUT2D eigenvalue weighted by Crippen LogP contribution is -2.47. The number of carbonyl (C=O) groups is 2. The molecule has 1 amide bonds. The third kappa shape index (κ3) is 2.94. The first-order chi connectivity index (χ1) is 9.41. The van der Waals surface area contributed by atoms with Crippen molar-refractivity contribution in [3.8, 4) is 0 Å². The molecule has 0 unspecified atom stereocenters. The maximum absolute atomic E-state index is 12.4. The summed E-state index contributed by atoms with van der Waals surface area (Å²) in [7, 11) is 0. The first kappa shape index (κ1) is 15.2. The minimum absolute atomic E-state index is 0.212. The number of carbonyl (C=O) groups excluding carboxylic acids is 1. The van der Waals surface area contributed by atoms with Gasteiger partial charge in [0.2, 0.25) is 0 Å². The molecule has 1 atom stereocenters. The van der Waals surface area contributed by atoms with Gasteiger partial charge in [0.05, 0.1) is 4.91 Å². The smallest absolute Gasteiger partial charge is 0.327 e. The van der Waals surface area contributed by atoms with Crippen LogP contribution < -0.4 is 0 Å². The summed E-state index contributed by atoms with van der Waals surface area (Å²) in [6, 6.07) is 2.87. The lowest BCUT2D eigenvalue weighted by Gasteiger charge is -2.26. The van der Waals surface area contributed by atoms with Gasteiger partial charge >= 0.3 is 5.97 Å². The van der Waals surface area contributed by atoms with Crippen molar-refractivity contribution in [1.82, 2.24) is 4.90 Å². The molecule has 0 aromatic carbocycles. The minimum Gasteiger partial charge on any atom is -0.480 e. The molecule has 1 saturated heterocycles. The highest BCUT2D eigenvalue weighted by molar-refractivity contribution is 8.26. The van der Waals surface area contributed by atoms with Crippen LogP contribution in [0.3, 0.4) is 0 Å². The van der Waals surface area contributed by atoms with Crippen LogP contribution in [0.5, 0.6) is 0 Å². The summed E-state index contributed by atoms with van der Waals surface area (Å²) in [5.74, 6) is -1.57. The van der Waals surface area contributed by atoms with Crippen LogP contribution in [0, 0.1) is 5.92 Å². The molecule has 106 valence electrons. The first-order valence-corrected chi connectivity index (χ1v) is 8.05. The molecule has 2 heterocycles. The molecule has 1 fully saturated rings. The number of thiophene rings is 1. The molecule has 0 aliphatic carbocycles. The minimum atomic E-state index is -1.03. The zero-order valence-electron chi connectivity index (χ0n) is 10.9. The highest BCUT2D eigenvalue weighted by Gasteiger charge is 2.41. The predicted octanol–water partition coefficient (Wildman–Crippen LogP) is 3.06. The Kier molecular flexibility index (Phi) is 4.62. The second-order valence-corrected chi connectivity index (χ2v) is 7.25. The standard InChI is InChI=1S/C13H13NO3S3/c1-7(2)10(12(16)17)14-11(15)9(20-13(14)18)6-8-4-3-5-19-8/h3-7,10H,1-2H3,(H,16,17)/b9-6+/t10-/m1/s1. The number of hydrogen-bond donors (Lipinski definition) is 1. The van der Waals surface area contributed by atoms with Gasteiger partial charge in [-0.25, -0.2) is 4.79 Å². The predicted molar refractivity (Wildman–Crippen MR) is 85.6 cm³/mol. The van der Waals surface area contributed by atoms with Crippen molar-refractivity contribution in [2.24, 2.45) is 5.92 Å². The van der Waals surface area contributed by atoms with Crippen LogP contribution in [0.1, 0.15) is 18.7 Å².